The Bertz CT molecular complexity index is 600. The number of ether oxygens (including phenoxy) is 1. The highest BCUT2D eigenvalue weighted by Gasteiger charge is 2.22. The standard InChI is InChI=1S/C15H19ClN4O/c1-2-4-17-13(14-9-18-20-19-14)8-11-7-12(16)6-10-3-5-21-15(10)11/h6-7,9,13,17H,2-5,8H2,1H3,(H,18,19,20). The van der Waals surface area contributed by atoms with Crippen LogP contribution in [0, 0.1) is 0 Å². The Hall–Kier alpha value is -1.59. The van der Waals surface area contributed by atoms with E-state index in [0.717, 1.165) is 54.4 Å². The van der Waals surface area contributed by atoms with E-state index in [0.29, 0.717) is 0 Å². The number of aromatic nitrogens is 3. The lowest BCUT2D eigenvalue weighted by Crippen LogP contribution is -2.24. The minimum absolute atomic E-state index is 0.107. The molecule has 2 aromatic rings. The topological polar surface area (TPSA) is 62.8 Å². The summed E-state index contributed by atoms with van der Waals surface area (Å²) in [4.78, 5) is 0. The second-order valence-electron chi connectivity index (χ2n) is 5.26. The Labute approximate surface area is 129 Å². The molecule has 0 amide bonds. The first kappa shape index (κ1) is 14.4. The van der Waals surface area contributed by atoms with Gasteiger partial charge in [0.2, 0.25) is 0 Å². The van der Waals surface area contributed by atoms with Crippen LogP contribution in [0.2, 0.25) is 5.02 Å². The molecule has 3 rings (SSSR count). The van der Waals surface area contributed by atoms with Gasteiger partial charge in [-0.25, -0.2) is 0 Å². The van der Waals surface area contributed by atoms with E-state index in [1.54, 1.807) is 6.20 Å². The average molecular weight is 307 g/mol. The second kappa shape index (κ2) is 6.45. The molecule has 0 fully saturated rings. The fourth-order valence-electron chi connectivity index (χ4n) is 2.70. The number of nitrogens with zero attached hydrogens (tertiary/aromatic N) is 2. The summed E-state index contributed by atoms with van der Waals surface area (Å²) in [6.45, 7) is 3.81. The number of aromatic amines is 1. The Morgan fingerprint density at radius 2 is 2.38 bits per heavy atom. The van der Waals surface area contributed by atoms with Crippen molar-refractivity contribution in [1.29, 1.82) is 0 Å². The summed E-state index contributed by atoms with van der Waals surface area (Å²) < 4.78 is 5.78. The Kier molecular flexibility index (Phi) is 4.41. The molecule has 1 aliphatic heterocycles. The predicted octanol–water partition coefficient (Wildman–Crippen LogP) is 2.68. The second-order valence-corrected chi connectivity index (χ2v) is 5.69. The molecule has 0 saturated heterocycles. The number of halogens is 1. The number of nitrogens with one attached hydrogen (secondary N) is 2. The Morgan fingerprint density at radius 1 is 1.48 bits per heavy atom. The molecule has 1 aromatic heterocycles. The minimum atomic E-state index is 0.107. The van der Waals surface area contributed by atoms with E-state index in [1.807, 2.05) is 12.1 Å². The fourth-order valence-corrected chi connectivity index (χ4v) is 2.96. The van der Waals surface area contributed by atoms with E-state index in [1.165, 1.54) is 5.56 Å². The van der Waals surface area contributed by atoms with Crippen molar-refractivity contribution in [1.82, 2.24) is 20.7 Å². The molecular formula is C15H19ClN4O. The lowest BCUT2D eigenvalue weighted by Gasteiger charge is -2.18. The van der Waals surface area contributed by atoms with Crippen LogP contribution in [0.3, 0.4) is 0 Å². The molecular weight excluding hydrogens is 288 g/mol. The number of rotatable bonds is 6. The van der Waals surface area contributed by atoms with Crippen molar-refractivity contribution >= 4 is 11.6 Å². The van der Waals surface area contributed by atoms with E-state index >= 15 is 0 Å². The van der Waals surface area contributed by atoms with E-state index in [-0.39, 0.29) is 6.04 Å². The number of H-pyrrole nitrogens is 1. The third kappa shape index (κ3) is 3.19. The van der Waals surface area contributed by atoms with Crippen molar-refractivity contribution in [2.45, 2.75) is 32.2 Å². The maximum absolute atomic E-state index is 6.23. The first-order chi connectivity index (χ1) is 10.3. The molecule has 0 bridgehead atoms. The summed E-state index contributed by atoms with van der Waals surface area (Å²) in [5.41, 5.74) is 3.24. The summed E-state index contributed by atoms with van der Waals surface area (Å²) in [5, 5.41) is 15.1. The summed E-state index contributed by atoms with van der Waals surface area (Å²) in [6.07, 6.45) is 4.55. The Morgan fingerprint density at radius 3 is 3.14 bits per heavy atom. The van der Waals surface area contributed by atoms with Crippen molar-refractivity contribution in [2.24, 2.45) is 0 Å². The van der Waals surface area contributed by atoms with Gasteiger partial charge in [-0.05, 0) is 42.6 Å². The molecule has 0 spiro atoms. The van der Waals surface area contributed by atoms with Crippen molar-refractivity contribution in [3.8, 4) is 5.75 Å². The molecule has 0 saturated carbocycles. The lowest BCUT2D eigenvalue weighted by molar-refractivity contribution is 0.351. The van der Waals surface area contributed by atoms with Gasteiger partial charge in [-0.1, -0.05) is 18.5 Å². The van der Waals surface area contributed by atoms with Gasteiger partial charge in [0.15, 0.2) is 0 Å². The number of hydrogen-bond donors (Lipinski definition) is 2. The predicted molar refractivity (Wildman–Crippen MR) is 81.8 cm³/mol. The third-order valence-electron chi connectivity index (χ3n) is 3.68. The van der Waals surface area contributed by atoms with Crippen LogP contribution in [0.4, 0.5) is 0 Å². The quantitative estimate of drug-likeness (QED) is 0.861. The van der Waals surface area contributed by atoms with Gasteiger partial charge in [0.25, 0.3) is 0 Å². The molecule has 1 aromatic carbocycles. The summed E-state index contributed by atoms with van der Waals surface area (Å²) in [7, 11) is 0. The molecule has 2 heterocycles. The van der Waals surface area contributed by atoms with Gasteiger partial charge >= 0.3 is 0 Å². The molecule has 1 atom stereocenters. The van der Waals surface area contributed by atoms with E-state index in [2.05, 4.69) is 27.7 Å². The number of hydrogen-bond acceptors (Lipinski definition) is 4. The molecule has 1 aliphatic rings. The Balaban J connectivity index is 1.86. The first-order valence-electron chi connectivity index (χ1n) is 7.31. The van der Waals surface area contributed by atoms with Gasteiger partial charge in [-0.2, -0.15) is 15.4 Å². The van der Waals surface area contributed by atoms with Gasteiger partial charge in [0, 0.05) is 11.4 Å². The smallest absolute Gasteiger partial charge is 0.125 e. The highest BCUT2D eigenvalue weighted by atomic mass is 35.5. The zero-order valence-electron chi connectivity index (χ0n) is 12.0. The van der Waals surface area contributed by atoms with Crippen LogP contribution in [0.25, 0.3) is 0 Å². The largest absolute Gasteiger partial charge is 0.493 e. The van der Waals surface area contributed by atoms with Crippen LogP contribution < -0.4 is 10.1 Å². The van der Waals surface area contributed by atoms with Crippen molar-refractivity contribution in [3.05, 3.63) is 40.2 Å². The van der Waals surface area contributed by atoms with Gasteiger partial charge in [-0.3, -0.25) is 0 Å². The van der Waals surface area contributed by atoms with Crippen molar-refractivity contribution in [2.75, 3.05) is 13.2 Å². The van der Waals surface area contributed by atoms with Crippen LogP contribution in [-0.4, -0.2) is 28.6 Å². The normalized spacial score (nSPS) is 14.8. The first-order valence-corrected chi connectivity index (χ1v) is 7.69. The molecule has 0 radical (unpaired) electrons. The number of fused-ring (bicyclic) bond motifs is 1. The van der Waals surface area contributed by atoms with Crippen LogP contribution in [0.5, 0.6) is 5.75 Å². The zero-order valence-corrected chi connectivity index (χ0v) is 12.8. The summed E-state index contributed by atoms with van der Waals surface area (Å²) >= 11 is 6.23. The molecule has 112 valence electrons. The maximum atomic E-state index is 6.23. The highest BCUT2D eigenvalue weighted by molar-refractivity contribution is 6.30. The van der Waals surface area contributed by atoms with E-state index in [4.69, 9.17) is 16.3 Å². The summed E-state index contributed by atoms with van der Waals surface area (Å²) in [5.74, 6) is 0.992. The van der Waals surface area contributed by atoms with E-state index in [9.17, 15) is 0 Å². The minimum Gasteiger partial charge on any atom is -0.493 e. The van der Waals surface area contributed by atoms with Crippen LogP contribution >= 0.6 is 11.6 Å². The highest BCUT2D eigenvalue weighted by Crippen LogP contribution is 2.35. The van der Waals surface area contributed by atoms with Crippen LogP contribution in [0.15, 0.2) is 18.3 Å². The van der Waals surface area contributed by atoms with Gasteiger partial charge < -0.3 is 10.1 Å². The fraction of sp³-hybridized carbons (Fsp3) is 0.467. The van der Waals surface area contributed by atoms with Crippen molar-refractivity contribution in [3.63, 3.8) is 0 Å². The summed E-state index contributed by atoms with van der Waals surface area (Å²) in [6, 6.07) is 4.10. The zero-order chi connectivity index (χ0) is 14.7. The monoisotopic (exact) mass is 306 g/mol. The molecule has 21 heavy (non-hydrogen) atoms. The third-order valence-corrected chi connectivity index (χ3v) is 3.90. The molecule has 2 N–H and O–H groups in total. The molecule has 6 heteroatoms. The van der Waals surface area contributed by atoms with Crippen LogP contribution in [-0.2, 0) is 12.8 Å². The van der Waals surface area contributed by atoms with Gasteiger partial charge in [0.05, 0.1) is 24.5 Å². The number of benzene rings is 1. The molecule has 1 unspecified atom stereocenters. The van der Waals surface area contributed by atoms with Gasteiger partial charge in [0.1, 0.15) is 5.75 Å². The van der Waals surface area contributed by atoms with Crippen LogP contribution in [0.1, 0.15) is 36.2 Å². The maximum Gasteiger partial charge on any atom is 0.125 e. The van der Waals surface area contributed by atoms with E-state index < -0.39 is 0 Å². The van der Waals surface area contributed by atoms with Gasteiger partial charge in [-0.15, -0.1) is 0 Å². The van der Waals surface area contributed by atoms with Crippen molar-refractivity contribution < 1.29 is 4.74 Å². The SMILES string of the molecule is CCCNC(Cc1cc(Cl)cc2c1OCC2)c1cn[nH]n1. The molecule has 5 nitrogen and oxygen atoms in total. The molecule has 0 aliphatic carbocycles. The average Bonchev–Trinajstić information content (AvgIpc) is 3.13. The lowest BCUT2D eigenvalue weighted by atomic mass is 10.00.